The molecule has 0 amide bonds. The Balaban J connectivity index is 2.45. The van der Waals surface area contributed by atoms with E-state index in [0.717, 1.165) is 17.1 Å². The fraction of sp³-hybridized carbons (Fsp3) is 0.111. The van der Waals surface area contributed by atoms with Gasteiger partial charge in [-0.1, -0.05) is 11.2 Å². The van der Waals surface area contributed by atoms with Gasteiger partial charge in [-0.25, -0.2) is 0 Å². The number of hydrogen-bond donors (Lipinski definition) is 0. The molecule has 0 unspecified atom stereocenters. The van der Waals surface area contributed by atoms with Gasteiger partial charge in [-0.15, -0.1) is 0 Å². The molecule has 0 atom stereocenters. The van der Waals surface area contributed by atoms with Crippen molar-refractivity contribution in [3.63, 3.8) is 0 Å². The second-order valence-electron chi connectivity index (χ2n) is 2.54. The van der Waals surface area contributed by atoms with E-state index < -0.39 is 0 Å². The predicted molar refractivity (Wildman–Crippen MR) is 44.5 cm³/mol. The minimum Gasteiger partial charge on any atom is -0.361 e. The summed E-state index contributed by atoms with van der Waals surface area (Å²) >= 11 is 0. The maximum Gasteiger partial charge on any atom is 0.134 e. The van der Waals surface area contributed by atoms with E-state index in [-0.39, 0.29) is 0 Å². The van der Waals surface area contributed by atoms with E-state index in [1.165, 1.54) is 0 Å². The summed E-state index contributed by atoms with van der Waals surface area (Å²) in [5, 5.41) is 3.85. The van der Waals surface area contributed by atoms with E-state index in [1.807, 2.05) is 31.2 Å². The highest BCUT2D eigenvalue weighted by Gasteiger charge is 2.02. The van der Waals surface area contributed by atoms with Gasteiger partial charge in [0.25, 0.3) is 0 Å². The number of aromatic nitrogens is 2. The van der Waals surface area contributed by atoms with Gasteiger partial charge in [0, 0.05) is 12.3 Å². The SMILES string of the molecule is Cc1cc(-c2ccccn2)no1. The van der Waals surface area contributed by atoms with Crippen LogP contribution in [0.4, 0.5) is 0 Å². The Morgan fingerprint density at radius 2 is 2.17 bits per heavy atom. The first kappa shape index (κ1) is 7.03. The third-order valence-corrected chi connectivity index (χ3v) is 1.56. The van der Waals surface area contributed by atoms with Crippen molar-refractivity contribution >= 4 is 0 Å². The van der Waals surface area contributed by atoms with Crippen LogP contribution in [0.5, 0.6) is 0 Å². The Kier molecular flexibility index (Phi) is 1.63. The zero-order chi connectivity index (χ0) is 8.39. The first-order chi connectivity index (χ1) is 5.86. The standard InChI is InChI=1S/C9H8N2O/c1-7-6-9(11-12-7)8-4-2-3-5-10-8/h2-6H,1H3. The largest absolute Gasteiger partial charge is 0.361 e. The van der Waals surface area contributed by atoms with Crippen LogP contribution >= 0.6 is 0 Å². The molecule has 0 saturated heterocycles. The molecule has 0 aliphatic carbocycles. The van der Waals surface area contributed by atoms with E-state index in [9.17, 15) is 0 Å². The number of rotatable bonds is 1. The van der Waals surface area contributed by atoms with Crippen LogP contribution in [0.3, 0.4) is 0 Å². The molecule has 0 aliphatic heterocycles. The quantitative estimate of drug-likeness (QED) is 0.640. The lowest BCUT2D eigenvalue weighted by Crippen LogP contribution is -1.79. The van der Waals surface area contributed by atoms with Crippen molar-refractivity contribution in [2.45, 2.75) is 6.92 Å². The summed E-state index contributed by atoms with van der Waals surface area (Å²) in [4.78, 5) is 4.14. The maximum absolute atomic E-state index is 4.93. The van der Waals surface area contributed by atoms with Gasteiger partial charge in [0.1, 0.15) is 11.5 Å². The van der Waals surface area contributed by atoms with Gasteiger partial charge in [0.15, 0.2) is 0 Å². The molecule has 12 heavy (non-hydrogen) atoms. The van der Waals surface area contributed by atoms with Crippen LogP contribution in [0.25, 0.3) is 11.4 Å². The molecule has 0 N–H and O–H groups in total. The Morgan fingerprint density at radius 3 is 2.75 bits per heavy atom. The van der Waals surface area contributed by atoms with Crippen LogP contribution in [-0.4, -0.2) is 10.1 Å². The fourth-order valence-electron chi connectivity index (χ4n) is 1.00. The molecule has 0 spiro atoms. The highest BCUT2D eigenvalue weighted by atomic mass is 16.5. The van der Waals surface area contributed by atoms with Crippen LogP contribution in [0.1, 0.15) is 5.76 Å². The van der Waals surface area contributed by atoms with Crippen molar-refractivity contribution in [1.82, 2.24) is 10.1 Å². The van der Waals surface area contributed by atoms with Gasteiger partial charge < -0.3 is 4.52 Å². The van der Waals surface area contributed by atoms with Crippen molar-refractivity contribution in [3.8, 4) is 11.4 Å². The average Bonchev–Trinajstić information content (AvgIpc) is 2.54. The predicted octanol–water partition coefficient (Wildman–Crippen LogP) is 2.05. The number of pyridine rings is 1. The summed E-state index contributed by atoms with van der Waals surface area (Å²) in [6.07, 6.45) is 1.74. The molecule has 3 nitrogen and oxygen atoms in total. The van der Waals surface area contributed by atoms with Crippen molar-refractivity contribution in [2.75, 3.05) is 0 Å². The molecule has 2 rings (SSSR count). The van der Waals surface area contributed by atoms with Gasteiger partial charge in [0.05, 0.1) is 5.69 Å². The molecular weight excluding hydrogens is 152 g/mol. The minimum absolute atomic E-state index is 0.785. The number of hydrogen-bond acceptors (Lipinski definition) is 3. The molecule has 60 valence electrons. The van der Waals surface area contributed by atoms with Crippen LogP contribution in [0, 0.1) is 6.92 Å². The molecule has 3 heteroatoms. The van der Waals surface area contributed by atoms with E-state index in [0.29, 0.717) is 0 Å². The summed E-state index contributed by atoms with van der Waals surface area (Å²) in [7, 11) is 0. The van der Waals surface area contributed by atoms with Gasteiger partial charge in [0.2, 0.25) is 0 Å². The summed E-state index contributed by atoms with van der Waals surface area (Å²) in [6.45, 7) is 1.86. The summed E-state index contributed by atoms with van der Waals surface area (Å²) < 4.78 is 4.93. The highest BCUT2D eigenvalue weighted by molar-refractivity contribution is 5.52. The van der Waals surface area contributed by atoms with Crippen LogP contribution in [-0.2, 0) is 0 Å². The zero-order valence-electron chi connectivity index (χ0n) is 6.69. The average molecular weight is 160 g/mol. The lowest BCUT2D eigenvalue weighted by atomic mass is 10.2. The number of aryl methyl sites for hydroxylation is 1. The maximum atomic E-state index is 4.93. The van der Waals surface area contributed by atoms with E-state index >= 15 is 0 Å². The summed E-state index contributed by atoms with van der Waals surface area (Å²) in [5.41, 5.74) is 1.63. The summed E-state index contributed by atoms with van der Waals surface area (Å²) in [6, 6.07) is 7.56. The molecule has 0 radical (unpaired) electrons. The first-order valence-electron chi connectivity index (χ1n) is 3.71. The molecule has 2 heterocycles. The van der Waals surface area contributed by atoms with Gasteiger partial charge >= 0.3 is 0 Å². The van der Waals surface area contributed by atoms with Gasteiger partial charge in [-0.3, -0.25) is 4.98 Å². The van der Waals surface area contributed by atoms with Crippen molar-refractivity contribution in [3.05, 3.63) is 36.2 Å². The second-order valence-corrected chi connectivity index (χ2v) is 2.54. The first-order valence-corrected chi connectivity index (χ1v) is 3.71. The fourth-order valence-corrected chi connectivity index (χ4v) is 1.00. The normalized spacial score (nSPS) is 10.1. The second kappa shape index (κ2) is 2.77. The highest BCUT2D eigenvalue weighted by Crippen LogP contribution is 2.14. The molecule has 2 aromatic rings. The van der Waals surface area contributed by atoms with Crippen LogP contribution in [0.15, 0.2) is 35.0 Å². The summed E-state index contributed by atoms with van der Waals surface area (Å²) in [5.74, 6) is 0.802. The molecule has 0 fully saturated rings. The minimum atomic E-state index is 0.785. The van der Waals surface area contributed by atoms with Crippen molar-refractivity contribution in [1.29, 1.82) is 0 Å². The molecule has 0 aliphatic rings. The third-order valence-electron chi connectivity index (χ3n) is 1.56. The monoisotopic (exact) mass is 160 g/mol. The lowest BCUT2D eigenvalue weighted by Gasteiger charge is -1.89. The molecule has 2 aromatic heterocycles. The Labute approximate surface area is 70.0 Å². The number of nitrogens with zero attached hydrogens (tertiary/aromatic N) is 2. The van der Waals surface area contributed by atoms with Crippen LogP contribution in [0.2, 0.25) is 0 Å². The Morgan fingerprint density at radius 1 is 1.25 bits per heavy atom. The Bertz CT molecular complexity index is 367. The molecule has 0 aromatic carbocycles. The van der Waals surface area contributed by atoms with E-state index in [2.05, 4.69) is 10.1 Å². The molecular formula is C9H8N2O. The third kappa shape index (κ3) is 1.21. The smallest absolute Gasteiger partial charge is 0.134 e. The van der Waals surface area contributed by atoms with E-state index in [4.69, 9.17) is 4.52 Å². The van der Waals surface area contributed by atoms with Gasteiger partial charge in [-0.05, 0) is 19.1 Å². The van der Waals surface area contributed by atoms with Crippen molar-refractivity contribution < 1.29 is 4.52 Å². The topological polar surface area (TPSA) is 38.9 Å². The van der Waals surface area contributed by atoms with E-state index in [1.54, 1.807) is 6.20 Å². The molecule has 0 bridgehead atoms. The zero-order valence-corrected chi connectivity index (χ0v) is 6.69. The Hall–Kier alpha value is -1.64. The molecule has 0 saturated carbocycles. The lowest BCUT2D eigenvalue weighted by molar-refractivity contribution is 0.399. The van der Waals surface area contributed by atoms with Crippen LogP contribution < -0.4 is 0 Å². The van der Waals surface area contributed by atoms with Gasteiger partial charge in [-0.2, -0.15) is 0 Å². The van der Waals surface area contributed by atoms with Crippen molar-refractivity contribution in [2.24, 2.45) is 0 Å².